The Labute approximate surface area is 217 Å². The highest BCUT2D eigenvalue weighted by atomic mass is 32.2. The van der Waals surface area contributed by atoms with Crippen LogP contribution in [0.15, 0.2) is 82.6 Å². The minimum absolute atomic E-state index is 0.0354. The Kier molecular flexibility index (Phi) is 7.86. The minimum Gasteiger partial charge on any atom is -0.495 e. The molecule has 0 unspecified atom stereocenters. The molecule has 3 aromatic rings. The first-order valence-corrected chi connectivity index (χ1v) is 14.6. The van der Waals surface area contributed by atoms with Crippen LogP contribution in [0.5, 0.6) is 5.75 Å². The van der Waals surface area contributed by atoms with E-state index in [0.29, 0.717) is 24.5 Å². The lowest BCUT2D eigenvalue weighted by Crippen LogP contribution is -2.38. The fourth-order valence-electron chi connectivity index (χ4n) is 4.09. The summed E-state index contributed by atoms with van der Waals surface area (Å²) in [7, 11) is -6.28. The Morgan fingerprint density at radius 2 is 1.49 bits per heavy atom. The van der Waals surface area contributed by atoms with Gasteiger partial charge in [0.1, 0.15) is 12.3 Å². The van der Waals surface area contributed by atoms with E-state index in [1.54, 1.807) is 36.4 Å². The zero-order valence-electron chi connectivity index (χ0n) is 20.6. The van der Waals surface area contributed by atoms with Crippen molar-refractivity contribution in [3.05, 3.63) is 78.4 Å². The SMILES string of the molecule is COc1ccccc1N(CC(=O)Nc1ccc(S(=O)(=O)N2CCCC2)cc1)S(=O)(=O)c1ccc(C)cc1. The van der Waals surface area contributed by atoms with Crippen LogP contribution in [-0.2, 0) is 24.8 Å². The zero-order chi connectivity index (χ0) is 26.6. The molecule has 1 saturated heterocycles. The lowest BCUT2D eigenvalue weighted by Gasteiger charge is -2.25. The topological polar surface area (TPSA) is 113 Å². The molecule has 0 radical (unpaired) electrons. The largest absolute Gasteiger partial charge is 0.495 e. The monoisotopic (exact) mass is 543 g/mol. The van der Waals surface area contributed by atoms with Crippen molar-refractivity contribution in [3.63, 3.8) is 0 Å². The van der Waals surface area contributed by atoms with Gasteiger partial charge in [-0.1, -0.05) is 29.8 Å². The maximum Gasteiger partial charge on any atom is 0.264 e. The minimum atomic E-state index is -4.12. The van der Waals surface area contributed by atoms with Crippen molar-refractivity contribution in [1.82, 2.24) is 4.31 Å². The number of ether oxygens (including phenoxy) is 1. The van der Waals surface area contributed by atoms with Gasteiger partial charge in [0.05, 0.1) is 22.6 Å². The van der Waals surface area contributed by atoms with Crippen molar-refractivity contribution < 1.29 is 26.4 Å². The number of para-hydroxylation sites is 2. The van der Waals surface area contributed by atoms with E-state index in [0.717, 1.165) is 22.7 Å². The van der Waals surface area contributed by atoms with Gasteiger partial charge in [-0.25, -0.2) is 16.8 Å². The van der Waals surface area contributed by atoms with Crippen LogP contribution in [0.3, 0.4) is 0 Å². The van der Waals surface area contributed by atoms with Crippen LogP contribution in [0, 0.1) is 6.92 Å². The summed E-state index contributed by atoms with van der Waals surface area (Å²) < 4.78 is 60.5. The molecule has 1 N–H and O–H groups in total. The Morgan fingerprint density at radius 1 is 0.892 bits per heavy atom. The van der Waals surface area contributed by atoms with E-state index in [-0.39, 0.29) is 15.5 Å². The molecule has 0 aliphatic carbocycles. The smallest absolute Gasteiger partial charge is 0.264 e. The number of anilines is 2. The Morgan fingerprint density at radius 3 is 2.11 bits per heavy atom. The van der Waals surface area contributed by atoms with Crippen LogP contribution < -0.4 is 14.4 Å². The summed E-state index contributed by atoms with van der Waals surface area (Å²) in [6.45, 7) is 2.32. The van der Waals surface area contributed by atoms with Gasteiger partial charge in [0.2, 0.25) is 15.9 Å². The number of benzene rings is 3. The van der Waals surface area contributed by atoms with Crippen molar-refractivity contribution in [2.45, 2.75) is 29.6 Å². The predicted molar refractivity (Wildman–Crippen MR) is 142 cm³/mol. The standard InChI is InChI=1S/C26H29N3O6S2/c1-20-9-13-23(14-10-20)37(33,34)29(24-7-3-4-8-25(24)35-2)19-26(30)27-21-11-15-22(16-12-21)36(31,32)28-17-5-6-18-28/h3-4,7-16H,5-6,17-19H2,1-2H3,(H,27,30). The lowest BCUT2D eigenvalue weighted by molar-refractivity contribution is -0.114. The molecule has 1 amide bonds. The summed E-state index contributed by atoms with van der Waals surface area (Å²) >= 11 is 0. The van der Waals surface area contributed by atoms with Gasteiger partial charge in [-0.05, 0) is 68.3 Å². The second kappa shape index (κ2) is 10.9. The molecule has 0 spiro atoms. The number of rotatable bonds is 9. The highest BCUT2D eigenvalue weighted by molar-refractivity contribution is 7.93. The summed E-state index contributed by atoms with van der Waals surface area (Å²) in [6, 6.07) is 18.7. The number of methoxy groups -OCH3 is 1. The number of hydrogen-bond acceptors (Lipinski definition) is 6. The van der Waals surface area contributed by atoms with Crippen molar-refractivity contribution >= 4 is 37.3 Å². The number of nitrogens with one attached hydrogen (secondary N) is 1. The zero-order valence-corrected chi connectivity index (χ0v) is 22.3. The summed E-state index contributed by atoms with van der Waals surface area (Å²) in [4.78, 5) is 13.2. The van der Waals surface area contributed by atoms with E-state index in [1.807, 2.05) is 6.92 Å². The molecule has 0 saturated carbocycles. The molecule has 1 aliphatic rings. The fraction of sp³-hybridized carbons (Fsp3) is 0.269. The molecular formula is C26H29N3O6S2. The van der Waals surface area contributed by atoms with Gasteiger partial charge in [-0.3, -0.25) is 9.10 Å². The molecule has 1 heterocycles. The Balaban J connectivity index is 1.58. The normalized spacial score (nSPS) is 14.3. The number of aryl methyl sites for hydroxylation is 1. The van der Waals surface area contributed by atoms with E-state index in [4.69, 9.17) is 4.74 Å². The van der Waals surface area contributed by atoms with Gasteiger partial charge in [0, 0.05) is 18.8 Å². The van der Waals surface area contributed by atoms with Gasteiger partial charge < -0.3 is 10.1 Å². The predicted octanol–water partition coefficient (Wildman–Crippen LogP) is 3.62. The van der Waals surface area contributed by atoms with Gasteiger partial charge in [0.15, 0.2) is 0 Å². The number of nitrogens with zero attached hydrogens (tertiary/aromatic N) is 2. The molecule has 1 aliphatic heterocycles. The van der Waals surface area contributed by atoms with Gasteiger partial charge in [-0.15, -0.1) is 0 Å². The average Bonchev–Trinajstić information content (AvgIpc) is 3.44. The molecule has 11 heteroatoms. The van der Waals surface area contributed by atoms with E-state index < -0.39 is 32.5 Å². The molecule has 37 heavy (non-hydrogen) atoms. The quantitative estimate of drug-likeness (QED) is 0.441. The lowest BCUT2D eigenvalue weighted by atomic mass is 10.2. The number of amides is 1. The fourth-order valence-corrected chi connectivity index (χ4v) is 7.04. The van der Waals surface area contributed by atoms with Gasteiger partial charge >= 0.3 is 0 Å². The molecule has 0 aromatic heterocycles. The van der Waals surface area contributed by atoms with E-state index >= 15 is 0 Å². The third kappa shape index (κ3) is 5.79. The summed E-state index contributed by atoms with van der Waals surface area (Å²) in [5.74, 6) is -0.306. The second-order valence-corrected chi connectivity index (χ2v) is 12.5. The summed E-state index contributed by atoms with van der Waals surface area (Å²) in [5, 5.41) is 2.67. The van der Waals surface area contributed by atoms with Gasteiger partial charge in [-0.2, -0.15) is 4.31 Å². The highest BCUT2D eigenvalue weighted by Gasteiger charge is 2.30. The van der Waals surface area contributed by atoms with Crippen LogP contribution in [-0.4, -0.2) is 53.8 Å². The summed E-state index contributed by atoms with van der Waals surface area (Å²) in [5.41, 5.74) is 1.46. The van der Waals surface area contributed by atoms with E-state index in [1.165, 1.54) is 47.8 Å². The van der Waals surface area contributed by atoms with Crippen molar-refractivity contribution in [2.24, 2.45) is 0 Å². The number of sulfonamides is 2. The number of hydrogen-bond donors (Lipinski definition) is 1. The molecular weight excluding hydrogens is 514 g/mol. The molecule has 4 rings (SSSR count). The van der Waals surface area contributed by atoms with Crippen molar-refractivity contribution in [3.8, 4) is 5.75 Å². The van der Waals surface area contributed by atoms with Crippen LogP contribution in [0.25, 0.3) is 0 Å². The van der Waals surface area contributed by atoms with Crippen LogP contribution >= 0.6 is 0 Å². The highest BCUT2D eigenvalue weighted by Crippen LogP contribution is 2.32. The van der Waals surface area contributed by atoms with Gasteiger partial charge in [0.25, 0.3) is 10.0 Å². The van der Waals surface area contributed by atoms with Crippen LogP contribution in [0.2, 0.25) is 0 Å². The second-order valence-electron chi connectivity index (χ2n) is 8.68. The first-order valence-electron chi connectivity index (χ1n) is 11.8. The van der Waals surface area contributed by atoms with E-state index in [2.05, 4.69) is 5.32 Å². The molecule has 0 bridgehead atoms. The first-order chi connectivity index (χ1) is 17.6. The van der Waals surface area contributed by atoms with E-state index in [9.17, 15) is 21.6 Å². The molecule has 0 atom stereocenters. The maximum atomic E-state index is 13.6. The number of carbonyl (C=O) groups is 1. The summed E-state index contributed by atoms with van der Waals surface area (Å²) in [6.07, 6.45) is 1.67. The van der Waals surface area contributed by atoms with Crippen LogP contribution in [0.4, 0.5) is 11.4 Å². The van der Waals surface area contributed by atoms with Crippen molar-refractivity contribution in [2.75, 3.05) is 36.4 Å². The Hall–Kier alpha value is -3.41. The molecule has 9 nitrogen and oxygen atoms in total. The molecule has 3 aromatic carbocycles. The van der Waals surface area contributed by atoms with Crippen molar-refractivity contribution in [1.29, 1.82) is 0 Å². The first kappa shape index (κ1) is 26.6. The molecule has 196 valence electrons. The number of carbonyl (C=O) groups excluding carboxylic acids is 1. The average molecular weight is 544 g/mol. The molecule has 1 fully saturated rings. The third-order valence-corrected chi connectivity index (χ3v) is 9.78. The van der Waals surface area contributed by atoms with Crippen LogP contribution in [0.1, 0.15) is 18.4 Å². The Bertz CT molecular complexity index is 1470. The third-order valence-electron chi connectivity index (χ3n) is 6.09. The maximum absolute atomic E-state index is 13.6.